The summed E-state index contributed by atoms with van der Waals surface area (Å²) in [5, 5.41) is 8.12. The molecule has 0 saturated carbocycles. The predicted octanol–water partition coefficient (Wildman–Crippen LogP) is 6.17. The lowest BCUT2D eigenvalue weighted by Gasteiger charge is -2.37. The quantitative estimate of drug-likeness (QED) is 0.188. The predicted molar refractivity (Wildman–Crippen MR) is 184 cm³/mol. The Morgan fingerprint density at radius 2 is 1.74 bits per heavy atom. The molecule has 4 rings (SSSR count). The maximum Gasteiger partial charge on any atom is 0.243 e. The number of ether oxygens (including phenoxy) is 4. The molecule has 1 fully saturated rings. The molecule has 1 aliphatic rings. The number of hydrogen-bond acceptors (Lipinski definition) is 10. The first-order valence-corrected chi connectivity index (χ1v) is 21.5. The fraction of sp³-hybridized carbons (Fsp3) is 0.613. The Balaban J connectivity index is 1.91. The van der Waals surface area contributed by atoms with Gasteiger partial charge in [0, 0.05) is 37.0 Å². The number of benzene rings is 1. The third-order valence-corrected chi connectivity index (χ3v) is 12.2. The number of nitrogens with zero attached hydrogens (tertiary/aromatic N) is 6. The van der Waals surface area contributed by atoms with E-state index in [4.69, 9.17) is 18.9 Å². The van der Waals surface area contributed by atoms with Gasteiger partial charge < -0.3 is 18.9 Å². The molecule has 12 nitrogen and oxygen atoms in total. The Labute approximate surface area is 282 Å². The van der Waals surface area contributed by atoms with Gasteiger partial charge in [-0.1, -0.05) is 35.6 Å². The first-order valence-electron chi connectivity index (χ1n) is 15.5. The van der Waals surface area contributed by atoms with E-state index < -0.39 is 41.3 Å². The number of aromatic nitrogens is 5. The minimum Gasteiger partial charge on any atom is -0.497 e. The first kappa shape index (κ1) is 36.4. The molecule has 0 bridgehead atoms. The number of sulfonamides is 1. The number of rotatable bonds is 13. The largest absolute Gasteiger partial charge is 0.497 e. The molecule has 46 heavy (non-hydrogen) atoms. The van der Waals surface area contributed by atoms with Crippen LogP contribution in [0, 0.1) is 6.92 Å². The van der Waals surface area contributed by atoms with Crippen molar-refractivity contribution in [3.05, 3.63) is 46.5 Å². The van der Waals surface area contributed by atoms with Crippen molar-refractivity contribution in [3.8, 4) is 17.1 Å². The summed E-state index contributed by atoms with van der Waals surface area (Å²) in [6, 6.07) is 5.80. The minimum absolute atomic E-state index is 0.180. The van der Waals surface area contributed by atoms with Gasteiger partial charge in [-0.05, 0) is 71.3 Å². The summed E-state index contributed by atoms with van der Waals surface area (Å²) in [6.45, 7) is 18.3. The second-order valence-electron chi connectivity index (χ2n) is 13.6. The SMILES string of the molecule is COc1ccc(Br)c(-c2nnc(N(CC[Si](C)(C)C)S(=O)(=O)[C@@H](C)[C@@H](OC(C)C)c3ncc(C)cn3)n2C2COC(C)(C)OC2)c1. The maximum absolute atomic E-state index is 14.9. The van der Waals surface area contributed by atoms with Crippen LogP contribution in [-0.2, 0) is 24.2 Å². The van der Waals surface area contributed by atoms with Gasteiger partial charge in [0.25, 0.3) is 0 Å². The Kier molecular flexibility index (Phi) is 11.4. The van der Waals surface area contributed by atoms with Crippen LogP contribution in [0.2, 0.25) is 25.7 Å². The molecule has 1 saturated heterocycles. The van der Waals surface area contributed by atoms with Gasteiger partial charge in [-0.2, -0.15) is 0 Å². The van der Waals surface area contributed by atoms with E-state index in [1.807, 2.05) is 57.4 Å². The molecule has 0 amide bonds. The van der Waals surface area contributed by atoms with Gasteiger partial charge in [-0.3, -0.25) is 4.57 Å². The highest BCUT2D eigenvalue weighted by Crippen LogP contribution is 2.38. The van der Waals surface area contributed by atoms with Crippen molar-refractivity contribution in [3.63, 3.8) is 0 Å². The van der Waals surface area contributed by atoms with Gasteiger partial charge in [-0.15, -0.1) is 10.2 Å². The monoisotopic (exact) mass is 738 g/mol. The van der Waals surface area contributed by atoms with Crippen LogP contribution in [0.25, 0.3) is 11.4 Å². The van der Waals surface area contributed by atoms with Gasteiger partial charge >= 0.3 is 0 Å². The van der Waals surface area contributed by atoms with Gasteiger partial charge in [0.15, 0.2) is 17.4 Å². The Morgan fingerprint density at radius 3 is 2.30 bits per heavy atom. The lowest BCUT2D eigenvalue weighted by Crippen LogP contribution is -2.46. The van der Waals surface area contributed by atoms with Gasteiger partial charge in [0.2, 0.25) is 16.0 Å². The van der Waals surface area contributed by atoms with Crippen LogP contribution in [0.1, 0.15) is 58.2 Å². The molecule has 0 aliphatic carbocycles. The van der Waals surface area contributed by atoms with E-state index in [2.05, 4.69) is 55.7 Å². The highest BCUT2D eigenvalue weighted by Gasteiger charge is 2.42. The van der Waals surface area contributed by atoms with E-state index in [-0.39, 0.29) is 31.8 Å². The molecular formula is C31H47BrN6O6SSi. The van der Waals surface area contributed by atoms with Crippen molar-refractivity contribution in [2.75, 3.05) is 31.2 Å². The van der Waals surface area contributed by atoms with Crippen LogP contribution < -0.4 is 9.04 Å². The summed E-state index contributed by atoms with van der Waals surface area (Å²) in [5.41, 5.74) is 1.55. The molecule has 0 unspecified atom stereocenters. The van der Waals surface area contributed by atoms with Crippen molar-refractivity contribution in [1.29, 1.82) is 0 Å². The number of hydrogen-bond donors (Lipinski definition) is 0. The van der Waals surface area contributed by atoms with E-state index in [9.17, 15) is 8.42 Å². The van der Waals surface area contributed by atoms with Crippen LogP contribution in [0.4, 0.5) is 5.95 Å². The molecule has 3 aromatic rings. The van der Waals surface area contributed by atoms with E-state index in [0.717, 1.165) is 10.0 Å². The molecule has 1 aliphatic heterocycles. The zero-order valence-corrected chi connectivity index (χ0v) is 31.8. The van der Waals surface area contributed by atoms with E-state index in [1.54, 1.807) is 26.4 Å². The molecule has 1 aromatic carbocycles. The molecular weight excluding hydrogens is 692 g/mol. The number of halogens is 1. The lowest BCUT2D eigenvalue weighted by atomic mass is 10.1. The molecule has 2 aromatic heterocycles. The smallest absolute Gasteiger partial charge is 0.243 e. The molecule has 0 spiro atoms. The zero-order chi connectivity index (χ0) is 34.0. The molecule has 254 valence electrons. The van der Waals surface area contributed by atoms with Gasteiger partial charge in [0.05, 0.1) is 32.5 Å². The van der Waals surface area contributed by atoms with Gasteiger partial charge in [-0.25, -0.2) is 22.7 Å². The van der Waals surface area contributed by atoms with Crippen molar-refractivity contribution in [1.82, 2.24) is 24.7 Å². The third-order valence-electron chi connectivity index (χ3n) is 7.67. The summed E-state index contributed by atoms with van der Waals surface area (Å²) in [4.78, 5) is 8.92. The molecule has 0 N–H and O–H groups in total. The summed E-state index contributed by atoms with van der Waals surface area (Å²) in [6.07, 6.45) is 2.13. The van der Waals surface area contributed by atoms with Crippen LogP contribution in [-0.4, -0.2) is 85.2 Å². The summed E-state index contributed by atoms with van der Waals surface area (Å²) in [7, 11) is -4.29. The Bertz CT molecular complexity index is 1590. The van der Waals surface area contributed by atoms with Crippen molar-refractivity contribution in [2.45, 2.75) is 96.5 Å². The zero-order valence-electron chi connectivity index (χ0n) is 28.4. The molecule has 2 atom stereocenters. The second-order valence-corrected chi connectivity index (χ2v) is 22.3. The van der Waals surface area contributed by atoms with Gasteiger partial charge in [0.1, 0.15) is 17.1 Å². The third kappa shape index (κ3) is 8.53. The fourth-order valence-corrected chi connectivity index (χ4v) is 8.05. The molecule has 3 heterocycles. The number of aryl methyl sites for hydroxylation is 1. The highest BCUT2D eigenvalue weighted by atomic mass is 79.9. The van der Waals surface area contributed by atoms with Crippen LogP contribution in [0.3, 0.4) is 0 Å². The van der Waals surface area contributed by atoms with E-state index >= 15 is 0 Å². The average Bonchev–Trinajstić information content (AvgIpc) is 3.39. The Hall–Kier alpha value is -2.43. The highest BCUT2D eigenvalue weighted by molar-refractivity contribution is 9.10. The van der Waals surface area contributed by atoms with E-state index in [0.29, 0.717) is 29.0 Å². The standard InChI is InChI=1S/C31H47BrN6O6SSi/c1-20(2)44-27(28-33-16-21(3)17-34-28)22(4)45(39,40)37(13-14-46(8,9)10)30-36-35-29(25-15-24(41-7)11-12-26(25)32)38(30)23-18-42-31(5,6)43-19-23/h11-12,15-17,20,22-23,27H,13-14,18-19H2,1-10H3/t22-,27+/m0/s1. The maximum atomic E-state index is 14.9. The van der Waals surface area contributed by atoms with Crippen molar-refractivity contribution in [2.24, 2.45) is 0 Å². The summed E-state index contributed by atoms with van der Waals surface area (Å²) < 4.78 is 57.6. The summed E-state index contributed by atoms with van der Waals surface area (Å²) >= 11 is 3.66. The molecule has 0 radical (unpaired) electrons. The average molecular weight is 740 g/mol. The minimum atomic E-state index is -4.15. The van der Waals surface area contributed by atoms with E-state index in [1.165, 1.54) is 4.31 Å². The van der Waals surface area contributed by atoms with Crippen molar-refractivity contribution < 1.29 is 27.4 Å². The first-order chi connectivity index (χ1) is 21.4. The number of anilines is 1. The van der Waals surface area contributed by atoms with Crippen LogP contribution in [0.5, 0.6) is 5.75 Å². The lowest BCUT2D eigenvalue weighted by molar-refractivity contribution is -0.258. The topological polar surface area (TPSA) is 131 Å². The second kappa shape index (κ2) is 14.4. The Morgan fingerprint density at radius 1 is 1.11 bits per heavy atom. The van der Waals surface area contributed by atoms with Crippen LogP contribution in [0.15, 0.2) is 35.1 Å². The van der Waals surface area contributed by atoms with Crippen molar-refractivity contribution >= 4 is 40.0 Å². The summed E-state index contributed by atoms with van der Waals surface area (Å²) in [5.74, 6) is 0.777. The fourth-order valence-electron chi connectivity index (χ4n) is 4.97. The molecule has 15 heteroatoms. The number of methoxy groups -OCH3 is 1. The van der Waals surface area contributed by atoms with Crippen LogP contribution >= 0.6 is 15.9 Å². The normalized spacial score (nSPS) is 17.2.